The molecule has 3 nitrogen and oxygen atoms in total. The Hall–Kier alpha value is -1.13. The number of hydrogen-bond acceptors (Lipinski definition) is 3. The number of aliphatic hydroxyl groups excluding tert-OH is 1. The maximum Gasteiger partial charge on any atom is 0.130 e. The minimum Gasteiger partial charge on any atom is -0.399 e. The van der Waals surface area contributed by atoms with Gasteiger partial charge >= 0.3 is 0 Å². The summed E-state index contributed by atoms with van der Waals surface area (Å²) in [4.78, 5) is 0. The highest BCUT2D eigenvalue weighted by atomic mass is 19.1. The normalized spacial score (nSPS) is 12.8. The summed E-state index contributed by atoms with van der Waals surface area (Å²) >= 11 is 0. The maximum absolute atomic E-state index is 13.2. The fourth-order valence-electron chi connectivity index (χ4n) is 1.17. The van der Waals surface area contributed by atoms with Crippen LogP contribution in [0.25, 0.3) is 0 Å². The number of benzene rings is 1. The van der Waals surface area contributed by atoms with Gasteiger partial charge in [-0.1, -0.05) is 6.07 Å². The molecular formula is C9H13FN2O. The van der Waals surface area contributed by atoms with E-state index in [1.54, 1.807) is 19.2 Å². The van der Waals surface area contributed by atoms with Crippen LogP contribution in [0.1, 0.15) is 11.6 Å². The molecule has 0 amide bonds. The van der Waals surface area contributed by atoms with Crippen LogP contribution in [-0.2, 0) is 0 Å². The maximum atomic E-state index is 13.2. The third-order valence-electron chi connectivity index (χ3n) is 1.93. The predicted molar refractivity (Wildman–Crippen MR) is 49.7 cm³/mol. The molecule has 0 spiro atoms. The second-order valence-electron chi connectivity index (χ2n) is 2.80. The zero-order valence-electron chi connectivity index (χ0n) is 7.42. The Labute approximate surface area is 76.4 Å². The van der Waals surface area contributed by atoms with Crippen molar-refractivity contribution in [1.82, 2.24) is 5.32 Å². The number of nitrogen functional groups attached to an aromatic ring is 1. The topological polar surface area (TPSA) is 58.3 Å². The smallest absolute Gasteiger partial charge is 0.130 e. The monoisotopic (exact) mass is 184 g/mol. The van der Waals surface area contributed by atoms with Gasteiger partial charge in [-0.25, -0.2) is 4.39 Å². The van der Waals surface area contributed by atoms with Crippen molar-refractivity contribution in [2.24, 2.45) is 0 Å². The molecule has 1 unspecified atom stereocenters. The molecule has 0 aliphatic carbocycles. The van der Waals surface area contributed by atoms with Crippen LogP contribution < -0.4 is 11.1 Å². The summed E-state index contributed by atoms with van der Waals surface area (Å²) < 4.78 is 13.2. The highest BCUT2D eigenvalue weighted by molar-refractivity contribution is 5.41. The summed E-state index contributed by atoms with van der Waals surface area (Å²) in [5, 5.41) is 11.7. The van der Waals surface area contributed by atoms with Crippen molar-refractivity contribution in [3.05, 3.63) is 29.6 Å². The lowest BCUT2D eigenvalue weighted by atomic mass is 10.1. The first-order valence-corrected chi connectivity index (χ1v) is 4.02. The number of likely N-dealkylation sites (N-methyl/N-ethyl adjacent to an activating group) is 1. The Balaban J connectivity index is 2.99. The van der Waals surface area contributed by atoms with Crippen molar-refractivity contribution in [1.29, 1.82) is 0 Å². The van der Waals surface area contributed by atoms with E-state index in [-0.39, 0.29) is 12.6 Å². The number of hydrogen-bond donors (Lipinski definition) is 3. The van der Waals surface area contributed by atoms with Crippen LogP contribution in [0.2, 0.25) is 0 Å². The number of halogens is 1. The van der Waals surface area contributed by atoms with E-state index in [0.717, 1.165) is 0 Å². The molecule has 1 rings (SSSR count). The molecule has 0 fully saturated rings. The molecular weight excluding hydrogens is 171 g/mol. The zero-order chi connectivity index (χ0) is 9.84. The van der Waals surface area contributed by atoms with Crippen molar-refractivity contribution < 1.29 is 9.50 Å². The SMILES string of the molecule is CNC(CO)c1ccc(N)cc1F. The summed E-state index contributed by atoms with van der Waals surface area (Å²) in [7, 11) is 1.66. The molecule has 4 N–H and O–H groups in total. The van der Waals surface area contributed by atoms with Crippen molar-refractivity contribution in [2.45, 2.75) is 6.04 Å². The number of aliphatic hydroxyl groups is 1. The quantitative estimate of drug-likeness (QED) is 0.605. The van der Waals surface area contributed by atoms with Gasteiger partial charge in [0.2, 0.25) is 0 Å². The fourth-order valence-corrected chi connectivity index (χ4v) is 1.17. The van der Waals surface area contributed by atoms with Gasteiger partial charge in [-0.15, -0.1) is 0 Å². The van der Waals surface area contributed by atoms with Gasteiger partial charge in [0.05, 0.1) is 12.6 Å². The minimum absolute atomic E-state index is 0.142. The molecule has 1 aromatic rings. The lowest BCUT2D eigenvalue weighted by Crippen LogP contribution is -2.21. The average molecular weight is 184 g/mol. The van der Waals surface area contributed by atoms with Crippen molar-refractivity contribution in [3.8, 4) is 0 Å². The molecule has 0 aromatic heterocycles. The highest BCUT2D eigenvalue weighted by Crippen LogP contribution is 2.18. The Morgan fingerprint density at radius 2 is 2.31 bits per heavy atom. The molecule has 0 heterocycles. The number of anilines is 1. The second-order valence-corrected chi connectivity index (χ2v) is 2.80. The van der Waals surface area contributed by atoms with Gasteiger partial charge in [0, 0.05) is 11.3 Å². The molecule has 72 valence electrons. The summed E-state index contributed by atoms with van der Waals surface area (Å²) in [6.45, 7) is -0.142. The van der Waals surface area contributed by atoms with Gasteiger partial charge in [0.1, 0.15) is 5.82 Å². The first-order chi connectivity index (χ1) is 6.19. The van der Waals surface area contributed by atoms with Gasteiger partial charge in [-0.05, 0) is 19.2 Å². The van der Waals surface area contributed by atoms with Crippen LogP contribution >= 0.6 is 0 Å². The van der Waals surface area contributed by atoms with Crippen molar-refractivity contribution in [2.75, 3.05) is 19.4 Å². The van der Waals surface area contributed by atoms with Crippen molar-refractivity contribution in [3.63, 3.8) is 0 Å². The van der Waals surface area contributed by atoms with E-state index in [2.05, 4.69) is 5.32 Å². The largest absolute Gasteiger partial charge is 0.399 e. The number of rotatable bonds is 3. The van der Waals surface area contributed by atoms with Crippen LogP contribution in [0, 0.1) is 5.82 Å². The second kappa shape index (κ2) is 4.20. The summed E-state index contributed by atoms with van der Waals surface area (Å²) in [6, 6.07) is 4.05. The number of nitrogens with one attached hydrogen (secondary N) is 1. The fraction of sp³-hybridized carbons (Fsp3) is 0.333. The molecule has 4 heteroatoms. The third-order valence-corrected chi connectivity index (χ3v) is 1.93. The predicted octanol–water partition coefficient (Wildman–Crippen LogP) is 0.661. The van der Waals surface area contributed by atoms with E-state index in [0.29, 0.717) is 11.3 Å². The Bertz CT molecular complexity index is 287. The summed E-state index contributed by atoms with van der Waals surface area (Å²) in [5.74, 6) is -0.395. The first-order valence-electron chi connectivity index (χ1n) is 4.02. The van der Waals surface area contributed by atoms with Gasteiger partial charge in [-0.3, -0.25) is 0 Å². The molecule has 0 aliphatic rings. The van der Waals surface area contributed by atoms with E-state index in [9.17, 15) is 4.39 Å². The van der Waals surface area contributed by atoms with Gasteiger partial charge in [0.25, 0.3) is 0 Å². The summed E-state index contributed by atoms with van der Waals surface area (Å²) in [5.41, 5.74) is 6.20. The van der Waals surface area contributed by atoms with Gasteiger partial charge in [0.15, 0.2) is 0 Å². The molecule has 13 heavy (non-hydrogen) atoms. The third kappa shape index (κ3) is 2.17. The molecule has 0 bridgehead atoms. The van der Waals surface area contributed by atoms with Crippen LogP contribution in [0.3, 0.4) is 0 Å². The van der Waals surface area contributed by atoms with E-state index < -0.39 is 5.82 Å². The van der Waals surface area contributed by atoms with Crippen LogP contribution in [0.5, 0.6) is 0 Å². The molecule has 0 radical (unpaired) electrons. The Morgan fingerprint density at radius 3 is 2.77 bits per heavy atom. The Kier molecular flexibility index (Phi) is 3.22. The van der Waals surface area contributed by atoms with Gasteiger partial charge < -0.3 is 16.2 Å². The highest BCUT2D eigenvalue weighted by Gasteiger charge is 2.12. The van der Waals surface area contributed by atoms with E-state index in [1.165, 1.54) is 6.07 Å². The van der Waals surface area contributed by atoms with E-state index in [1.807, 2.05) is 0 Å². The lowest BCUT2D eigenvalue weighted by Gasteiger charge is -2.14. The molecule has 0 saturated heterocycles. The Morgan fingerprint density at radius 1 is 1.62 bits per heavy atom. The lowest BCUT2D eigenvalue weighted by molar-refractivity contribution is 0.248. The van der Waals surface area contributed by atoms with Crippen LogP contribution in [0.4, 0.5) is 10.1 Å². The minimum atomic E-state index is -0.395. The molecule has 1 atom stereocenters. The van der Waals surface area contributed by atoms with E-state index >= 15 is 0 Å². The molecule has 1 aromatic carbocycles. The average Bonchev–Trinajstić information content (AvgIpc) is 2.10. The number of nitrogens with two attached hydrogens (primary N) is 1. The van der Waals surface area contributed by atoms with Gasteiger partial charge in [-0.2, -0.15) is 0 Å². The van der Waals surface area contributed by atoms with Crippen LogP contribution in [0.15, 0.2) is 18.2 Å². The first kappa shape index (κ1) is 9.95. The standard InChI is InChI=1S/C9H13FN2O/c1-12-9(5-13)7-3-2-6(11)4-8(7)10/h2-4,9,12-13H,5,11H2,1H3. The van der Waals surface area contributed by atoms with Crippen LogP contribution in [-0.4, -0.2) is 18.8 Å². The van der Waals surface area contributed by atoms with Crippen molar-refractivity contribution >= 4 is 5.69 Å². The zero-order valence-corrected chi connectivity index (χ0v) is 7.42. The molecule has 0 saturated carbocycles. The molecule has 0 aliphatic heterocycles. The summed E-state index contributed by atoms with van der Waals surface area (Å²) in [6.07, 6.45) is 0. The van der Waals surface area contributed by atoms with E-state index in [4.69, 9.17) is 10.8 Å².